The van der Waals surface area contributed by atoms with Crippen LogP contribution in [0.1, 0.15) is 0 Å². The number of hydrogen-bond donors (Lipinski definition) is 0. The van der Waals surface area contributed by atoms with Crippen molar-refractivity contribution in [2.75, 3.05) is 69.1 Å². The highest BCUT2D eigenvalue weighted by Gasteiger charge is 2.34. The molecule has 166 valence electrons. The van der Waals surface area contributed by atoms with Crippen LogP contribution in [0.2, 0.25) is 0 Å². The quantitative estimate of drug-likeness (QED) is 0.530. The van der Waals surface area contributed by atoms with Crippen molar-refractivity contribution in [2.45, 2.75) is 6.10 Å². The van der Waals surface area contributed by atoms with Gasteiger partial charge in [-0.05, 0) is 18.2 Å². The summed E-state index contributed by atoms with van der Waals surface area (Å²) in [5.41, 5.74) is 0.538. The Labute approximate surface area is 174 Å². The molecule has 3 rings (SSSR count). The van der Waals surface area contributed by atoms with Gasteiger partial charge in [-0.3, -0.25) is 13.9 Å². The SMILES string of the molecule is COCCN1CCN(c2ccc(N3CC(COS(C)(=O)=O)OC3=O)cc2F)CC1=O. The minimum atomic E-state index is -3.66. The number of cyclic esters (lactones) is 1. The van der Waals surface area contributed by atoms with Crippen molar-refractivity contribution in [3.63, 3.8) is 0 Å². The topological polar surface area (TPSA) is 106 Å². The van der Waals surface area contributed by atoms with Gasteiger partial charge in [-0.1, -0.05) is 0 Å². The second-order valence-corrected chi connectivity index (χ2v) is 8.68. The van der Waals surface area contributed by atoms with Crippen LogP contribution in [0.15, 0.2) is 18.2 Å². The molecule has 0 bridgehead atoms. The maximum atomic E-state index is 14.8. The van der Waals surface area contributed by atoms with Crippen LogP contribution in [-0.2, 0) is 28.6 Å². The molecule has 2 fully saturated rings. The van der Waals surface area contributed by atoms with Crippen molar-refractivity contribution < 1.29 is 36.1 Å². The molecule has 0 radical (unpaired) electrons. The van der Waals surface area contributed by atoms with Crippen LogP contribution in [0.4, 0.5) is 20.6 Å². The lowest BCUT2D eigenvalue weighted by atomic mass is 10.2. The van der Waals surface area contributed by atoms with Gasteiger partial charge >= 0.3 is 6.09 Å². The molecule has 2 amide bonds. The van der Waals surface area contributed by atoms with Crippen LogP contribution < -0.4 is 9.80 Å². The van der Waals surface area contributed by atoms with E-state index in [-0.39, 0.29) is 37.0 Å². The molecule has 1 atom stereocenters. The summed E-state index contributed by atoms with van der Waals surface area (Å²) < 4.78 is 51.7. The number of anilines is 2. The lowest BCUT2D eigenvalue weighted by Crippen LogP contribution is -2.51. The molecule has 0 saturated carbocycles. The fraction of sp³-hybridized carbons (Fsp3) is 0.556. The number of ether oxygens (including phenoxy) is 2. The normalized spacial score (nSPS) is 20.1. The Kier molecular flexibility index (Phi) is 6.78. The van der Waals surface area contributed by atoms with Gasteiger partial charge in [0.1, 0.15) is 18.5 Å². The summed E-state index contributed by atoms with van der Waals surface area (Å²) in [6, 6.07) is 4.26. The smallest absolute Gasteiger partial charge is 0.414 e. The van der Waals surface area contributed by atoms with E-state index in [0.29, 0.717) is 26.2 Å². The molecule has 0 aromatic heterocycles. The van der Waals surface area contributed by atoms with Gasteiger partial charge in [0.2, 0.25) is 5.91 Å². The summed E-state index contributed by atoms with van der Waals surface area (Å²) in [6.07, 6.45) is -0.600. The summed E-state index contributed by atoms with van der Waals surface area (Å²) in [7, 11) is -2.10. The molecule has 1 aromatic rings. The van der Waals surface area contributed by atoms with Crippen LogP contribution in [0.5, 0.6) is 0 Å². The number of piperazine rings is 1. The lowest BCUT2D eigenvalue weighted by molar-refractivity contribution is -0.131. The molecule has 2 aliphatic rings. The number of carbonyl (C=O) groups is 2. The molecule has 10 nitrogen and oxygen atoms in total. The van der Waals surface area contributed by atoms with Crippen molar-refractivity contribution in [1.29, 1.82) is 0 Å². The molecule has 0 aliphatic carbocycles. The Morgan fingerprint density at radius 2 is 2.03 bits per heavy atom. The molecule has 2 heterocycles. The predicted molar refractivity (Wildman–Crippen MR) is 105 cm³/mol. The monoisotopic (exact) mass is 445 g/mol. The molecule has 1 unspecified atom stereocenters. The van der Waals surface area contributed by atoms with Crippen LogP contribution in [0.3, 0.4) is 0 Å². The number of nitrogens with zero attached hydrogens (tertiary/aromatic N) is 3. The number of carbonyl (C=O) groups excluding carboxylic acids is 2. The standard InChI is InChI=1S/C18H24FN3O7S/c1-27-8-7-20-5-6-21(11-17(20)23)16-4-3-13(9-15(16)19)22-10-14(29-18(22)24)12-28-30(2,25)26/h3-4,9,14H,5-8,10-12H2,1-2H3. The van der Waals surface area contributed by atoms with Gasteiger partial charge in [-0.15, -0.1) is 0 Å². The van der Waals surface area contributed by atoms with E-state index >= 15 is 0 Å². The van der Waals surface area contributed by atoms with Gasteiger partial charge in [0.25, 0.3) is 10.1 Å². The number of hydrogen-bond acceptors (Lipinski definition) is 8. The second kappa shape index (κ2) is 9.14. The Bertz CT molecular complexity index is 911. The fourth-order valence-corrected chi connectivity index (χ4v) is 3.69. The summed E-state index contributed by atoms with van der Waals surface area (Å²) in [5, 5.41) is 0. The van der Waals surface area contributed by atoms with E-state index in [2.05, 4.69) is 4.18 Å². The van der Waals surface area contributed by atoms with Crippen molar-refractivity contribution in [3.05, 3.63) is 24.0 Å². The molecule has 2 saturated heterocycles. The third kappa shape index (κ3) is 5.37. The van der Waals surface area contributed by atoms with Crippen molar-refractivity contribution in [3.8, 4) is 0 Å². The highest BCUT2D eigenvalue weighted by atomic mass is 32.2. The zero-order valence-corrected chi connectivity index (χ0v) is 17.6. The van der Waals surface area contributed by atoms with Crippen molar-refractivity contribution in [1.82, 2.24) is 4.90 Å². The van der Waals surface area contributed by atoms with Crippen molar-refractivity contribution in [2.24, 2.45) is 0 Å². The first-order valence-electron chi connectivity index (χ1n) is 9.31. The van der Waals surface area contributed by atoms with E-state index in [1.165, 1.54) is 17.0 Å². The molecular weight excluding hydrogens is 421 g/mol. The van der Waals surface area contributed by atoms with E-state index in [9.17, 15) is 22.4 Å². The molecule has 12 heteroatoms. The highest BCUT2D eigenvalue weighted by molar-refractivity contribution is 7.85. The van der Waals surface area contributed by atoms with E-state index in [1.807, 2.05) is 0 Å². The lowest BCUT2D eigenvalue weighted by Gasteiger charge is -2.35. The van der Waals surface area contributed by atoms with E-state index in [0.717, 1.165) is 6.26 Å². The second-order valence-electron chi connectivity index (χ2n) is 7.04. The molecule has 2 aliphatic heterocycles. The van der Waals surface area contributed by atoms with Gasteiger partial charge in [0, 0.05) is 26.7 Å². The predicted octanol–water partition coefficient (Wildman–Crippen LogP) is 0.422. The minimum absolute atomic E-state index is 0.0315. The third-order valence-corrected chi connectivity index (χ3v) is 5.37. The van der Waals surface area contributed by atoms with Crippen LogP contribution in [0, 0.1) is 5.82 Å². The number of benzene rings is 1. The van der Waals surface area contributed by atoms with Gasteiger partial charge in [0.05, 0.1) is 37.3 Å². The van der Waals surface area contributed by atoms with Gasteiger partial charge in [0.15, 0.2) is 0 Å². The minimum Gasteiger partial charge on any atom is -0.441 e. The Hall–Kier alpha value is -2.44. The Balaban J connectivity index is 1.64. The molecule has 0 spiro atoms. The van der Waals surface area contributed by atoms with E-state index in [4.69, 9.17) is 9.47 Å². The first-order valence-corrected chi connectivity index (χ1v) is 11.1. The first kappa shape index (κ1) is 22.2. The maximum absolute atomic E-state index is 14.8. The number of rotatable bonds is 8. The highest BCUT2D eigenvalue weighted by Crippen LogP contribution is 2.28. The maximum Gasteiger partial charge on any atom is 0.414 e. The zero-order valence-electron chi connectivity index (χ0n) is 16.7. The van der Waals surface area contributed by atoms with E-state index < -0.39 is 28.1 Å². The molecule has 1 aromatic carbocycles. The third-order valence-electron chi connectivity index (χ3n) is 4.81. The summed E-state index contributed by atoms with van der Waals surface area (Å²) in [6.45, 7) is 1.65. The molecular formula is C18H24FN3O7S. The fourth-order valence-electron chi connectivity index (χ4n) is 3.29. The van der Waals surface area contributed by atoms with Crippen molar-refractivity contribution >= 4 is 33.5 Å². The zero-order chi connectivity index (χ0) is 21.9. The summed E-state index contributed by atoms with van der Waals surface area (Å²) in [5.74, 6) is -0.687. The Morgan fingerprint density at radius 3 is 2.67 bits per heavy atom. The average molecular weight is 445 g/mol. The molecule has 0 N–H and O–H groups in total. The number of halogens is 1. The molecule has 30 heavy (non-hydrogen) atoms. The average Bonchev–Trinajstić information content (AvgIpc) is 3.05. The van der Waals surface area contributed by atoms with Crippen LogP contribution in [-0.4, -0.2) is 90.7 Å². The van der Waals surface area contributed by atoms with E-state index in [1.54, 1.807) is 23.0 Å². The van der Waals surface area contributed by atoms with Crippen LogP contribution >= 0.6 is 0 Å². The summed E-state index contributed by atoms with van der Waals surface area (Å²) >= 11 is 0. The van der Waals surface area contributed by atoms with Gasteiger partial charge < -0.3 is 19.3 Å². The van der Waals surface area contributed by atoms with Gasteiger partial charge in [-0.2, -0.15) is 8.42 Å². The number of methoxy groups -OCH3 is 1. The number of amides is 2. The first-order chi connectivity index (χ1) is 14.2. The largest absolute Gasteiger partial charge is 0.441 e. The van der Waals surface area contributed by atoms with Crippen LogP contribution in [0.25, 0.3) is 0 Å². The Morgan fingerprint density at radius 1 is 1.27 bits per heavy atom. The van der Waals surface area contributed by atoms with Gasteiger partial charge in [-0.25, -0.2) is 9.18 Å². The summed E-state index contributed by atoms with van der Waals surface area (Å²) in [4.78, 5) is 28.9.